The van der Waals surface area contributed by atoms with Crippen molar-refractivity contribution in [2.75, 3.05) is 13.1 Å². The van der Waals surface area contributed by atoms with E-state index in [9.17, 15) is 0 Å². The molecule has 0 amide bonds. The molecule has 1 N–H and O–H groups in total. The van der Waals surface area contributed by atoms with Crippen molar-refractivity contribution < 1.29 is 0 Å². The van der Waals surface area contributed by atoms with E-state index in [1.165, 1.54) is 24.1 Å². The van der Waals surface area contributed by atoms with Gasteiger partial charge in [0, 0.05) is 24.7 Å². The first-order valence-electron chi connectivity index (χ1n) is 8.40. The zero-order chi connectivity index (χ0) is 15.5. The molecular weight excluding hydrogens is 256 g/mol. The van der Waals surface area contributed by atoms with Crippen LogP contribution in [0.5, 0.6) is 0 Å². The summed E-state index contributed by atoms with van der Waals surface area (Å²) in [6, 6.07) is 9.94. The molecule has 118 valence electrons. The van der Waals surface area contributed by atoms with Gasteiger partial charge in [0.2, 0.25) is 0 Å². The van der Waals surface area contributed by atoms with Crippen LogP contribution in [-0.2, 0) is 13.0 Å². The van der Waals surface area contributed by atoms with Crippen LogP contribution in [0.4, 0.5) is 0 Å². The topological polar surface area (TPSA) is 15.3 Å². The van der Waals surface area contributed by atoms with Gasteiger partial charge in [-0.3, -0.25) is 4.90 Å². The average Bonchev–Trinajstić information content (AvgIpc) is 2.68. The van der Waals surface area contributed by atoms with E-state index < -0.39 is 0 Å². The van der Waals surface area contributed by atoms with Crippen molar-refractivity contribution in [3.05, 3.63) is 35.4 Å². The lowest BCUT2D eigenvalue weighted by atomic mass is 10.1. The summed E-state index contributed by atoms with van der Waals surface area (Å²) in [6.07, 6.45) is 2.45. The summed E-state index contributed by atoms with van der Waals surface area (Å²) in [5.74, 6) is 0.850. The Morgan fingerprint density at radius 2 is 1.71 bits per heavy atom. The van der Waals surface area contributed by atoms with Crippen LogP contribution in [0.25, 0.3) is 0 Å². The Bertz CT molecular complexity index is 430. The molecule has 0 spiro atoms. The number of nitrogens with one attached hydrogen (secondary N) is 1. The first-order valence-corrected chi connectivity index (χ1v) is 8.40. The van der Waals surface area contributed by atoms with Crippen molar-refractivity contribution in [3.63, 3.8) is 0 Å². The van der Waals surface area contributed by atoms with Crippen LogP contribution in [0.3, 0.4) is 0 Å². The molecule has 2 rings (SSSR count). The predicted octanol–water partition coefficient (Wildman–Crippen LogP) is 3.85. The minimum atomic E-state index is 0.211. The van der Waals surface area contributed by atoms with E-state index in [0.29, 0.717) is 0 Å². The molecule has 0 bridgehead atoms. The molecule has 1 heterocycles. The van der Waals surface area contributed by atoms with Crippen molar-refractivity contribution in [3.8, 4) is 0 Å². The fourth-order valence-electron chi connectivity index (χ4n) is 3.23. The SMILES string of the molecule is CC1CC(C)N(Cc2ccc(CCNC(C)(C)C)cc2)C1. The van der Waals surface area contributed by atoms with Gasteiger partial charge in [0.1, 0.15) is 0 Å². The Hall–Kier alpha value is -0.860. The second kappa shape index (κ2) is 6.93. The van der Waals surface area contributed by atoms with Crippen LogP contribution >= 0.6 is 0 Å². The summed E-state index contributed by atoms with van der Waals surface area (Å²) in [5.41, 5.74) is 3.09. The molecule has 1 saturated heterocycles. The molecule has 0 saturated carbocycles. The summed E-state index contributed by atoms with van der Waals surface area (Å²) in [7, 11) is 0. The van der Waals surface area contributed by atoms with Crippen LogP contribution in [0.1, 0.15) is 52.2 Å². The van der Waals surface area contributed by atoms with Gasteiger partial charge < -0.3 is 5.32 Å². The minimum Gasteiger partial charge on any atom is -0.312 e. The first kappa shape index (κ1) is 16.5. The molecule has 0 aromatic heterocycles. The maximum absolute atomic E-state index is 3.55. The zero-order valence-electron chi connectivity index (χ0n) is 14.4. The molecule has 0 radical (unpaired) electrons. The fourth-order valence-corrected chi connectivity index (χ4v) is 3.23. The predicted molar refractivity (Wildman–Crippen MR) is 91.6 cm³/mol. The summed E-state index contributed by atoms with van der Waals surface area (Å²) in [4.78, 5) is 2.61. The van der Waals surface area contributed by atoms with Crippen molar-refractivity contribution >= 4 is 0 Å². The maximum Gasteiger partial charge on any atom is 0.0236 e. The molecule has 2 unspecified atom stereocenters. The monoisotopic (exact) mass is 288 g/mol. The lowest BCUT2D eigenvalue weighted by molar-refractivity contribution is 0.256. The van der Waals surface area contributed by atoms with Crippen LogP contribution in [0.15, 0.2) is 24.3 Å². The number of hydrogen-bond donors (Lipinski definition) is 1. The van der Waals surface area contributed by atoms with Crippen molar-refractivity contribution in [1.82, 2.24) is 10.2 Å². The Morgan fingerprint density at radius 1 is 1.10 bits per heavy atom. The van der Waals surface area contributed by atoms with Gasteiger partial charge in [-0.05, 0) is 64.1 Å². The second-order valence-electron chi connectivity index (χ2n) is 7.86. The largest absolute Gasteiger partial charge is 0.312 e. The van der Waals surface area contributed by atoms with Gasteiger partial charge in [0.15, 0.2) is 0 Å². The van der Waals surface area contributed by atoms with Gasteiger partial charge in [-0.25, -0.2) is 0 Å². The highest BCUT2D eigenvalue weighted by molar-refractivity contribution is 5.23. The molecule has 0 aliphatic carbocycles. The minimum absolute atomic E-state index is 0.211. The van der Waals surface area contributed by atoms with Crippen molar-refractivity contribution in [2.24, 2.45) is 5.92 Å². The van der Waals surface area contributed by atoms with Gasteiger partial charge >= 0.3 is 0 Å². The van der Waals surface area contributed by atoms with E-state index in [0.717, 1.165) is 31.5 Å². The number of benzene rings is 1. The Morgan fingerprint density at radius 3 is 2.24 bits per heavy atom. The third-order valence-corrected chi connectivity index (χ3v) is 4.39. The number of hydrogen-bond acceptors (Lipinski definition) is 2. The van der Waals surface area contributed by atoms with E-state index in [1.54, 1.807) is 0 Å². The second-order valence-corrected chi connectivity index (χ2v) is 7.86. The third kappa shape index (κ3) is 5.44. The number of rotatable bonds is 5. The van der Waals surface area contributed by atoms with E-state index in [1.807, 2.05) is 0 Å². The highest BCUT2D eigenvalue weighted by atomic mass is 15.2. The van der Waals surface area contributed by atoms with E-state index >= 15 is 0 Å². The fraction of sp³-hybridized carbons (Fsp3) is 0.684. The van der Waals surface area contributed by atoms with Crippen LogP contribution in [-0.4, -0.2) is 29.6 Å². The van der Waals surface area contributed by atoms with Gasteiger partial charge in [0.05, 0.1) is 0 Å². The molecule has 2 atom stereocenters. The maximum atomic E-state index is 3.55. The lowest BCUT2D eigenvalue weighted by Gasteiger charge is -2.21. The first-order chi connectivity index (χ1) is 9.83. The third-order valence-electron chi connectivity index (χ3n) is 4.39. The van der Waals surface area contributed by atoms with Crippen LogP contribution < -0.4 is 5.32 Å². The normalized spacial score (nSPS) is 23.7. The van der Waals surface area contributed by atoms with Gasteiger partial charge in [-0.15, -0.1) is 0 Å². The van der Waals surface area contributed by atoms with Crippen molar-refractivity contribution in [1.29, 1.82) is 0 Å². The number of likely N-dealkylation sites (tertiary alicyclic amines) is 1. The molecule has 1 aromatic carbocycles. The molecule has 2 heteroatoms. The van der Waals surface area contributed by atoms with E-state index in [-0.39, 0.29) is 5.54 Å². The summed E-state index contributed by atoms with van der Waals surface area (Å²) < 4.78 is 0. The Balaban J connectivity index is 1.82. The molecule has 1 aliphatic heterocycles. The quantitative estimate of drug-likeness (QED) is 0.885. The highest BCUT2D eigenvalue weighted by Gasteiger charge is 2.25. The molecule has 1 aliphatic rings. The lowest BCUT2D eigenvalue weighted by Crippen LogP contribution is -2.37. The standard InChI is InChI=1S/C19H32N2/c1-15-12-16(2)21(13-15)14-18-8-6-17(7-9-18)10-11-20-19(3,4)5/h6-9,15-16,20H,10-14H2,1-5H3. The van der Waals surface area contributed by atoms with Gasteiger partial charge in [0.25, 0.3) is 0 Å². The van der Waals surface area contributed by atoms with Gasteiger partial charge in [-0.1, -0.05) is 31.2 Å². The highest BCUT2D eigenvalue weighted by Crippen LogP contribution is 2.24. The molecule has 2 nitrogen and oxygen atoms in total. The molecule has 1 fully saturated rings. The summed E-state index contributed by atoms with van der Waals surface area (Å²) in [6.45, 7) is 14.8. The van der Waals surface area contributed by atoms with E-state index in [2.05, 4.69) is 69.1 Å². The molecule has 21 heavy (non-hydrogen) atoms. The van der Waals surface area contributed by atoms with E-state index in [4.69, 9.17) is 0 Å². The summed E-state index contributed by atoms with van der Waals surface area (Å²) >= 11 is 0. The zero-order valence-corrected chi connectivity index (χ0v) is 14.4. The van der Waals surface area contributed by atoms with Gasteiger partial charge in [-0.2, -0.15) is 0 Å². The average molecular weight is 288 g/mol. The Kier molecular flexibility index (Phi) is 5.45. The van der Waals surface area contributed by atoms with Crippen LogP contribution in [0, 0.1) is 5.92 Å². The smallest absolute Gasteiger partial charge is 0.0236 e. The molecule has 1 aromatic rings. The number of nitrogens with zero attached hydrogens (tertiary/aromatic N) is 1. The molecular formula is C19H32N2. The Labute approximate surface area is 130 Å². The van der Waals surface area contributed by atoms with Crippen molar-refractivity contribution in [2.45, 2.75) is 65.6 Å². The van der Waals surface area contributed by atoms with Crippen LogP contribution in [0.2, 0.25) is 0 Å². The summed E-state index contributed by atoms with van der Waals surface area (Å²) in [5, 5.41) is 3.55.